The van der Waals surface area contributed by atoms with Gasteiger partial charge in [-0.1, -0.05) is 26.0 Å². The Bertz CT molecular complexity index is 765. The number of sulfonamides is 1. The van der Waals surface area contributed by atoms with Gasteiger partial charge in [0.05, 0.1) is 10.9 Å². The molecule has 3 rings (SSSR count). The van der Waals surface area contributed by atoms with Gasteiger partial charge in [-0.25, -0.2) is 8.42 Å². The first-order valence-electron chi connectivity index (χ1n) is 10.5. The molecule has 2 saturated heterocycles. The first-order valence-corrected chi connectivity index (χ1v) is 11.9. The van der Waals surface area contributed by atoms with Gasteiger partial charge in [0.2, 0.25) is 15.9 Å². The van der Waals surface area contributed by atoms with Crippen molar-refractivity contribution in [3.05, 3.63) is 29.8 Å². The molecular formula is C21H33N3O3S. The van der Waals surface area contributed by atoms with Crippen LogP contribution in [0.3, 0.4) is 0 Å². The maximum Gasteiger partial charge on any atom is 0.243 e. The summed E-state index contributed by atoms with van der Waals surface area (Å²) in [6.45, 7) is 9.94. The largest absolute Gasteiger partial charge is 0.341 e. The summed E-state index contributed by atoms with van der Waals surface area (Å²) in [5, 5.41) is 0. The molecular weight excluding hydrogens is 374 g/mol. The van der Waals surface area contributed by atoms with E-state index in [1.807, 2.05) is 24.0 Å². The first-order chi connectivity index (χ1) is 13.3. The molecule has 28 heavy (non-hydrogen) atoms. The first kappa shape index (κ1) is 21.3. The molecule has 0 saturated carbocycles. The monoisotopic (exact) mass is 407 g/mol. The zero-order valence-corrected chi connectivity index (χ0v) is 18.1. The lowest BCUT2D eigenvalue weighted by Gasteiger charge is -2.37. The minimum Gasteiger partial charge on any atom is -0.341 e. The number of amides is 1. The molecule has 6 nitrogen and oxygen atoms in total. The van der Waals surface area contributed by atoms with Crippen molar-refractivity contribution in [1.82, 2.24) is 14.1 Å². The molecule has 0 radical (unpaired) electrons. The molecule has 0 bridgehead atoms. The van der Waals surface area contributed by atoms with Crippen LogP contribution in [0.15, 0.2) is 29.2 Å². The van der Waals surface area contributed by atoms with Crippen LogP contribution >= 0.6 is 0 Å². The third-order valence-corrected chi connectivity index (χ3v) is 8.21. The van der Waals surface area contributed by atoms with Crippen LogP contribution in [0.2, 0.25) is 0 Å². The highest BCUT2D eigenvalue weighted by molar-refractivity contribution is 7.89. The summed E-state index contributed by atoms with van der Waals surface area (Å²) in [5.74, 6) is 0.601. The summed E-state index contributed by atoms with van der Waals surface area (Å²) in [5.41, 5.74) is 1.17. The topological polar surface area (TPSA) is 60.9 Å². The summed E-state index contributed by atoms with van der Waals surface area (Å²) in [6, 6.07) is 7.12. The number of hydrogen-bond donors (Lipinski definition) is 0. The fraction of sp³-hybridized carbons (Fsp3) is 0.667. The summed E-state index contributed by atoms with van der Waals surface area (Å²) in [6.07, 6.45) is 3.20. The standard InChI is InChI=1S/C21H33N3O3S/c1-4-17(2)19-7-9-20(10-8-19)28(26,27)24-15-13-22(14-16-24)18(3)21(25)23-11-5-6-12-23/h7-10,17-18H,4-6,11-16H2,1-3H3/t17-,18-/m0/s1. The lowest BCUT2D eigenvalue weighted by molar-refractivity contribution is -0.135. The second kappa shape index (κ2) is 8.93. The summed E-state index contributed by atoms with van der Waals surface area (Å²) in [7, 11) is -3.48. The zero-order chi connectivity index (χ0) is 20.3. The average molecular weight is 408 g/mol. The van der Waals surface area contributed by atoms with Gasteiger partial charge in [-0.3, -0.25) is 9.69 Å². The molecule has 1 aromatic rings. The van der Waals surface area contributed by atoms with E-state index < -0.39 is 10.0 Å². The molecule has 0 spiro atoms. The van der Waals surface area contributed by atoms with Crippen molar-refractivity contribution >= 4 is 15.9 Å². The molecule has 156 valence electrons. The van der Waals surface area contributed by atoms with E-state index in [0.29, 0.717) is 37.0 Å². The Morgan fingerprint density at radius 3 is 2.07 bits per heavy atom. The Hall–Kier alpha value is -1.44. The maximum absolute atomic E-state index is 13.0. The number of hydrogen-bond acceptors (Lipinski definition) is 4. The number of benzene rings is 1. The highest BCUT2D eigenvalue weighted by atomic mass is 32.2. The van der Waals surface area contributed by atoms with Crippen LogP contribution in [0.4, 0.5) is 0 Å². The predicted molar refractivity (Wildman–Crippen MR) is 111 cm³/mol. The third-order valence-electron chi connectivity index (χ3n) is 6.30. The molecule has 0 aliphatic carbocycles. The van der Waals surface area contributed by atoms with Crippen molar-refractivity contribution in [2.45, 2.75) is 56.9 Å². The average Bonchev–Trinajstić information content (AvgIpc) is 3.27. The zero-order valence-electron chi connectivity index (χ0n) is 17.3. The molecule has 1 aromatic carbocycles. The van der Waals surface area contributed by atoms with Gasteiger partial charge in [0.25, 0.3) is 0 Å². The number of nitrogens with zero attached hydrogens (tertiary/aromatic N) is 3. The van der Waals surface area contributed by atoms with Crippen LogP contribution in [0.25, 0.3) is 0 Å². The minimum atomic E-state index is -3.48. The molecule has 1 amide bonds. The number of piperazine rings is 1. The van der Waals surface area contributed by atoms with Gasteiger partial charge in [-0.15, -0.1) is 0 Å². The van der Waals surface area contributed by atoms with Crippen LogP contribution in [-0.2, 0) is 14.8 Å². The van der Waals surface area contributed by atoms with E-state index >= 15 is 0 Å². The summed E-state index contributed by atoms with van der Waals surface area (Å²) >= 11 is 0. The van der Waals surface area contributed by atoms with Gasteiger partial charge in [0.15, 0.2) is 0 Å². The molecule has 7 heteroatoms. The normalized spacial score (nSPS) is 21.6. The lowest BCUT2D eigenvalue weighted by atomic mass is 9.99. The van der Waals surface area contributed by atoms with Crippen LogP contribution < -0.4 is 0 Å². The highest BCUT2D eigenvalue weighted by Gasteiger charge is 2.33. The van der Waals surface area contributed by atoms with E-state index in [2.05, 4.69) is 18.7 Å². The van der Waals surface area contributed by atoms with Crippen molar-refractivity contribution in [2.75, 3.05) is 39.3 Å². The highest BCUT2D eigenvalue weighted by Crippen LogP contribution is 2.23. The maximum atomic E-state index is 13.0. The fourth-order valence-electron chi connectivity index (χ4n) is 4.04. The Balaban J connectivity index is 1.61. The van der Waals surface area contributed by atoms with Crippen molar-refractivity contribution in [2.24, 2.45) is 0 Å². The van der Waals surface area contributed by atoms with E-state index in [1.54, 1.807) is 16.4 Å². The quantitative estimate of drug-likeness (QED) is 0.727. The summed E-state index contributed by atoms with van der Waals surface area (Å²) in [4.78, 5) is 17.0. The van der Waals surface area contributed by atoms with Gasteiger partial charge in [0.1, 0.15) is 0 Å². The van der Waals surface area contributed by atoms with E-state index in [4.69, 9.17) is 0 Å². The van der Waals surface area contributed by atoms with Crippen molar-refractivity contribution < 1.29 is 13.2 Å². The van der Waals surface area contributed by atoms with Gasteiger partial charge >= 0.3 is 0 Å². The number of carbonyl (C=O) groups excluding carboxylic acids is 1. The Morgan fingerprint density at radius 1 is 0.964 bits per heavy atom. The molecule has 2 heterocycles. The van der Waals surface area contributed by atoms with Crippen LogP contribution in [-0.4, -0.2) is 73.7 Å². The van der Waals surface area contributed by atoms with Crippen LogP contribution in [0, 0.1) is 0 Å². The Labute approximate surface area is 169 Å². The number of rotatable bonds is 6. The number of carbonyl (C=O) groups is 1. The minimum absolute atomic E-state index is 0.175. The second-order valence-electron chi connectivity index (χ2n) is 8.03. The van der Waals surface area contributed by atoms with Crippen LogP contribution in [0.1, 0.15) is 51.5 Å². The Morgan fingerprint density at radius 2 is 1.54 bits per heavy atom. The van der Waals surface area contributed by atoms with Crippen molar-refractivity contribution in [3.8, 4) is 0 Å². The van der Waals surface area contributed by atoms with Crippen molar-refractivity contribution in [1.29, 1.82) is 0 Å². The molecule has 0 unspecified atom stereocenters. The number of likely N-dealkylation sites (tertiary alicyclic amines) is 1. The Kier molecular flexibility index (Phi) is 6.78. The molecule has 2 aliphatic heterocycles. The van der Waals surface area contributed by atoms with E-state index in [9.17, 15) is 13.2 Å². The van der Waals surface area contributed by atoms with E-state index in [-0.39, 0.29) is 11.9 Å². The van der Waals surface area contributed by atoms with Gasteiger partial charge in [-0.2, -0.15) is 4.31 Å². The lowest BCUT2D eigenvalue weighted by Crippen LogP contribution is -2.55. The predicted octanol–water partition coefficient (Wildman–Crippen LogP) is 2.52. The van der Waals surface area contributed by atoms with Gasteiger partial charge in [-0.05, 0) is 49.8 Å². The molecule has 2 fully saturated rings. The molecule has 0 N–H and O–H groups in total. The van der Waals surface area contributed by atoms with E-state index in [1.165, 1.54) is 5.56 Å². The molecule has 2 atom stereocenters. The third kappa shape index (κ3) is 4.42. The van der Waals surface area contributed by atoms with Gasteiger partial charge in [0, 0.05) is 39.3 Å². The van der Waals surface area contributed by atoms with Crippen molar-refractivity contribution in [3.63, 3.8) is 0 Å². The molecule has 2 aliphatic rings. The van der Waals surface area contributed by atoms with E-state index in [0.717, 1.165) is 32.4 Å². The smallest absolute Gasteiger partial charge is 0.243 e. The SMILES string of the molecule is CC[C@H](C)c1ccc(S(=O)(=O)N2CCN([C@@H](C)C(=O)N3CCCC3)CC2)cc1. The fourth-order valence-corrected chi connectivity index (χ4v) is 5.46. The van der Waals surface area contributed by atoms with Gasteiger partial charge < -0.3 is 4.90 Å². The van der Waals surface area contributed by atoms with Crippen LogP contribution in [0.5, 0.6) is 0 Å². The summed E-state index contributed by atoms with van der Waals surface area (Å²) < 4.78 is 27.5. The second-order valence-corrected chi connectivity index (χ2v) is 9.96. The molecule has 0 aromatic heterocycles.